The molecule has 130 valence electrons. The van der Waals surface area contributed by atoms with Crippen molar-refractivity contribution in [3.05, 3.63) is 59.0 Å². The van der Waals surface area contributed by atoms with E-state index in [1.165, 1.54) is 16.5 Å². The highest BCUT2D eigenvalue weighted by Crippen LogP contribution is 2.27. The summed E-state index contributed by atoms with van der Waals surface area (Å²) in [4.78, 5) is 6.77. The summed E-state index contributed by atoms with van der Waals surface area (Å²) in [6.45, 7) is 6.56. The standard InChI is InChI=1S/C20H24N4O/c1-13-18(14(2)23-22-13)11-24-10-16(20(25)12-24)9-15-7-8-21-19-6-4-3-5-17(15)19/h3-8,16,20,25H,9-12H2,1-2H3,(H,22,23)/t16-,20+/m1/s1. The number of nitrogens with one attached hydrogen (secondary N) is 1. The molecular weight excluding hydrogens is 312 g/mol. The van der Waals surface area contributed by atoms with Crippen LogP contribution in [-0.2, 0) is 13.0 Å². The summed E-state index contributed by atoms with van der Waals surface area (Å²) in [6, 6.07) is 10.3. The first-order valence-corrected chi connectivity index (χ1v) is 8.85. The maximum atomic E-state index is 10.6. The first-order valence-electron chi connectivity index (χ1n) is 8.85. The zero-order chi connectivity index (χ0) is 17.4. The molecule has 2 atom stereocenters. The lowest BCUT2D eigenvalue weighted by atomic mass is 9.94. The van der Waals surface area contributed by atoms with E-state index in [-0.39, 0.29) is 12.0 Å². The molecule has 1 aromatic carbocycles. The molecule has 0 bridgehead atoms. The minimum absolute atomic E-state index is 0.248. The van der Waals surface area contributed by atoms with Crippen molar-refractivity contribution in [2.24, 2.45) is 5.92 Å². The first kappa shape index (κ1) is 16.2. The van der Waals surface area contributed by atoms with Gasteiger partial charge in [-0.3, -0.25) is 15.0 Å². The Labute approximate surface area is 147 Å². The Morgan fingerprint density at radius 3 is 2.84 bits per heavy atom. The van der Waals surface area contributed by atoms with E-state index >= 15 is 0 Å². The Bertz CT molecular complexity index is 864. The van der Waals surface area contributed by atoms with Crippen LogP contribution in [0.2, 0.25) is 0 Å². The van der Waals surface area contributed by atoms with Crippen LogP contribution in [0.3, 0.4) is 0 Å². The van der Waals surface area contributed by atoms with Gasteiger partial charge in [0.2, 0.25) is 0 Å². The molecule has 0 amide bonds. The molecule has 25 heavy (non-hydrogen) atoms. The minimum atomic E-state index is -0.292. The SMILES string of the molecule is Cc1n[nH]c(C)c1CN1C[C@@H](Cc2ccnc3ccccc23)[C@@H](O)C1. The first-order chi connectivity index (χ1) is 12.1. The van der Waals surface area contributed by atoms with Gasteiger partial charge in [-0.25, -0.2) is 0 Å². The lowest BCUT2D eigenvalue weighted by Gasteiger charge is -2.16. The van der Waals surface area contributed by atoms with Crippen LogP contribution >= 0.6 is 0 Å². The van der Waals surface area contributed by atoms with Gasteiger partial charge in [-0.1, -0.05) is 18.2 Å². The number of nitrogens with zero attached hydrogens (tertiary/aromatic N) is 3. The number of β-amino-alcohol motifs (C(OH)–C–C–N with tert-alkyl or cyclic N) is 1. The van der Waals surface area contributed by atoms with E-state index in [4.69, 9.17) is 0 Å². The molecule has 1 aliphatic heterocycles. The second-order valence-electron chi connectivity index (χ2n) is 7.13. The van der Waals surface area contributed by atoms with Gasteiger partial charge < -0.3 is 5.11 Å². The van der Waals surface area contributed by atoms with Crippen molar-refractivity contribution in [1.29, 1.82) is 0 Å². The number of pyridine rings is 1. The highest BCUT2D eigenvalue weighted by molar-refractivity contribution is 5.81. The second-order valence-corrected chi connectivity index (χ2v) is 7.13. The Morgan fingerprint density at radius 1 is 1.20 bits per heavy atom. The predicted molar refractivity (Wildman–Crippen MR) is 98.3 cm³/mol. The molecule has 0 radical (unpaired) electrons. The van der Waals surface area contributed by atoms with Crippen LogP contribution in [0.25, 0.3) is 10.9 Å². The molecule has 3 aromatic rings. The van der Waals surface area contributed by atoms with Crippen LogP contribution < -0.4 is 0 Å². The normalized spacial score (nSPS) is 21.2. The molecule has 1 aliphatic rings. The van der Waals surface area contributed by atoms with E-state index in [2.05, 4.69) is 45.2 Å². The fourth-order valence-corrected chi connectivity index (χ4v) is 3.92. The Balaban J connectivity index is 1.50. The van der Waals surface area contributed by atoms with Gasteiger partial charge in [-0.2, -0.15) is 5.10 Å². The van der Waals surface area contributed by atoms with Gasteiger partial charge in [0.15, 0.2) is 0 Å². The third-order valence-electron chi connectivity index (χ3n) is 5.37. The van der Waals surface area contributed by atoms with E-state index in [1.54, 1.807) is 0 Å². The molecule has 0 saturated carbocycles. The number of fused-ring (bicyclic) bond motifs is 1. The van der Waals surface area contributed by atoms with Crippen molar-refractivity contribution in [2.45, 2.75) is 32.9 Å². The zero-order valence-corrected chi connectivity index (χ0v) is 14.7. The molecule has 2 N–H and O–H groups in total. The Morgan fingerprint density at radius 2 is 2.04 bits per heavy atom. The smallest absolute Gasteiger partial charge is 0.0710 e. The van der Waals surface area contributed by atoms with E-state index in [0.29, 0.717) is 0 Å². The molecule has 0 aliphatic carbocycles. The largest absolute Gasteiger partial charge is 0.391 e. The number of para-hydroxylation sites is 1. The van der Waals surface area contributed by atoms with Crippen molar-refractivity contribution in [3.8, 4) is 0 Å². The molecule has 0 spiro atoms. The van der Waals surface area contributed by atoms with Crippen molar-refractivity contribution >= 4 is 10.9 Å². The maximum absolute atomic E-state index is 10.6. The number of hydrogen-bond donors (Lipinski definition) is 2. The average molecular weight is 336 g/mol. The van der Waals surface area contributed by atoms with Crippen molar-refractivity contribution < 1.29 is 5.11 Å². The number of H-pyrrole nitrogens is 1. The molecule has 5 heteroatoms. The number of aromatic nitrogens is 3. The molecule has 0 unspecified atom stereocenters. The summed E-state index contributed by atoms with van der Waals surface area (Å²) in [7, 11) is 0. The van der Waals surface area contributed by atoms with Crippen molar-refractivity contribution in [2.75, 3.05) is 13.1 Å². The van der Waals surface area contributed by atoms with Crippen LogP contribution in [0.15, 0.2) is 36.5 Å². The minimum Gasteiger partial charge on any atom is -0.391 e. The fraction of sp³-hybridized carbons (Fsp3) is 0.400. The van der Waals surface area contributed by atoms with E-state index < -0.39 is 0 Å². The van der Waals surface area contributed by atoms with Crippen molar-refractivity contribution in [3.63, 3.8) is 0 Å². The van der Waals surface area contributed by atoms with Gasteiger partial charge >= 0.3 is 0 Å². The predicted octanol–water partition coefficient (Wildman–Crippen LogP) is 2.61. The van der Waals surface area contributed by atoms with Gasteiger partial charge in [-0.15, -0.1) is 0 Å². The monoisotopic (exact) mass is 336 g/mol. The maximum Gasteiger partial charge on any atom is 0.0710 e. The topological polar surface area (TPSA) is 65.0 Å². The summed E-state index contributed by atoms with van der Waals surface area (Å²) in [5.41, 5.74) is 5.72. The van der Waals surface area contributed by atoms with Gasteiger partial charge in [0.1, 0.15) is 0 Å². The number of aliphatic hydroxyl groups is 1. The van der Waals surface area contributed by atoms with Gasteiger partial charge in [0, 0.05) is 48.4 Å². The van der Waals surface area contributed by atoms with Crippen LogP contribution in [-0.4, -0.2) is 44.4 Å². The van der Waals surface area contributed by atoms with E-state index in [0.717, 1.165) is 43.0 Å². The summed E-state index contributed by atoms with van der Waals surface area (Å²) < 4.78 is 0. The van der Waals surface area contributed by atoms with E-state index in [1.807, 2.05) is 25.3 Å². The third-order valence-corrected chi connectivity index (χ3v) is 5.37. The van der Waals surface area contributed by atoms with Gasteiger partial charge in [-0.05, 0) is 38.0 Å². The lowest BCUT2D eigenvalue weighted by Crippen LogP contribution is -2.22. The summed E-state index contributed by atoms with van der Waals surface area (Å²) in [6.07, 6.45) is 2.46. The number of aromatic amines is 1. The molecular formula is C20H24N4O. The molecule has 2 aromatic heterocycles. The number of hydrogen-bond acceptors (Lipinski definition) is 4. The number of aryl methyl sites for hydroxylation is 2. The number of benzene rings is 1. The molecule has 3 heterocycles. The van der Waals surface area contributed by atoms with Gasteiger partial charge in [0.25, 0.3) is 0 Å². The number of rotatable bonds is 4. The number of likely N-dealkylation sites (tertiary alicyclic amines) is 1. The van der Waals surface area contributed by atoms with E-state index in [9.17, 15) is 5.11 Å². The van der Waals surface area contributed by atoms with Crippen LogP contribution in [0.1, 0.15) is 22.5 Å². The Hall–Kier alpha value is -2.24. The molecule has 1 saturated heterocycles. The highest BCUT2D eigenvalue weighted by atomic mass is 16.3. The molecule has 5 nitrogen and oxygen atoms in total. The van der Waals surface area contributed by atoms with Crippen LogP contribution in [0.4, 0.5) is 0 Å². The van der Waals surface area contributed by atoms with Crippen LogP contribution in [0, 0.1) is 19.8 Å². The summed E-state index contributed by atoms with van der Waals surface area (Å²) >= 11 is 0. The third kappa shape index (κ3) is 3.17. The van der Waals surface area contributed by atoms with Crippen LogP contribution in [0.5, 0.6) is 0 Å². The summed E-state index contributed by atoms with van der Waals surface area (Å²) in [5.74, 6) is 0.248. The molecule has 4 rings (SSSR count). The van der Waals surface area contributed by atoms with Crippen molar-refractivity contribution in [1.82, 2.24) is 20.1 Å². The average Bonchev–Trinajstić information content (AvgIpc) is 3.12. The van der Waals surface area contributed by atoms with Gasteiger partial charge in [0.05, 0.1) is 17.3 Å². The second kappa shape index (κ2) is 6.58. The zero-order valence-electron chi connectivity index (χ0n) is 14.7. The lowest BCUT2D eigenvalue weighted by molar-refractivity contribution is 0.141. The fourth-order valence-electron chi connectivity index (χ4n) is 3.92. The number of aliphatic hydroxyl groups excluding tert-OH is 1. The molecule has 1 fully saturated rings. The quantitative estimate of drug-likeness (QED) is 0.769. The summed E-state index contributed by atoms with van der Waals surface area (Å²) in [5, 5.41) is 19.1. The highest BCUT2D eigenvalue weighted by Gasteiger charge is 2.32. The Kier molecular flexibility index (Phi) is 4.27.